The molecule has 1 aromatic rings. The van der Waals surface area contributed by atoms with Gasteiger partial charge >= 0.3 is 0 Å². The van der Waals surface area contributed by atoms with E-state index in [0.29, 0.717) is 18.3 Å². The van der Waals surface area contributed by atoms with Gasteiger partial charge in [0.2, 0.25) is 0 Å². The Morgan fingerprint density at radius 1 is 1.60 bits per heavy atom. The molecule has 2 N–H and O–H groups in total. The van der Waals surface area contributed by atoms with E-state index in [-0.39, 0.29) is 0 Å². The summed E-state index contributed by atoms with van der Waals surface area (Å²) < 4.78 is 7.36. The molecule has 0 aromatic carbocycles. The SMILES string of the molecule is CCCC(C)COCCn1ccc(N)n1. The third kappa shape index (κ3) is 4.83. The van der Waals surface area contributed by atoms with Crippen molar-refractivity contribution >= 4 is 5.82 Å². The maximum atomic E-state index is 5.56. The number of hydrogen-bond acceptors (Lipinski definition) is 3. The molecular weight excluding hydrogens is 190 g/mol. The highest BCUT2D eigenvalue weighted by Crippen LogP contribution is 2.05. The van der Waals surface area contributed by atoms with Gasteiger partial charge in [0.05, 0.1) is 13.2 Å². The van der Waals surface area contributed by atoms with E-state index in [9.17, 15) is 0 Å². The Morgan fingerprint density at radius 2 is 2.40 bits per heavy atom. The Kier molecular flexibility index (Phi) is 5.18. The number of nitrogen functional groups attached to an aromatic ring is 1. The molecule has 0 saturated heterocycles. The lowest BCUT2D eigenvalue weighted by molar-refractivity contribution is 0.0934. The van der Waals surface area contributed by atoms with Crippen molar-refractivity contribution in [2.45, 2.75) is 33.2 Å². The van der Waals surface area contributed by atoms with Crippen LogP contribution in [0.2, 0.25) is 0 Å². The molecule has 0 radical (unpaired) electrons. The van der Waals surface area contributed by atoms with Crippen LogP contribution >= 0.6 is 0 Å². The van der Waals surface area contributed by atoms with Gasteiger partial charge in [0.1, 0.15) is 5.82 Å². The first-order valence-electron chi connectivity index (χ1n) is 5.59. The van der Waals surface area contributed by atoms with E-state index in [1.807, 2.05) is 6.20 Å². The van der Waals surface area contributed by atoms with Crippen molar-refractivity contribution in [3.05, 3.63) is 12.3 Å². The first-order valence-corrected chi connectivity index (χ1v) is 5.59. The van der Waals surface area contributed by atoms with Crippen LogP contribution in [-0.2, 0) is 11.3 Å². The lowest BCUT2D eigenvalue weighted by Gasteiger charge is -2.10. The summed E-state index contributed by atoms with van der Waals surface area (Å²) in [5.41, 5.74) is 5.50. The molecule has 0 spiro atoms. The minimum Gasteiger partial charge on any atom is -0.382 e. The quantitative estimate of drug-likeness (QED) is 0.701. The number of nitrogens with zero attached hydrogens (tertiary/aromatic N) is 2. The fourth-order valence-electron chi connectivity index (χ4n) is 1.52. The molecule has 1 aromatic heterocycles. The zero-order chi connectivity index (χ0) is 11.1. The van der Waals surface area contributed by atoms with Crippen LogP contribution in [0.15, 0.2) is 12.3 Å². The maximum absolute atomic E-state index is 5.56. The second-order valence-electron chi connectivity index (χ2n) is 3.97. The summed E-state index contributed by atoms with van der Waals surface area (Å²) in [7, 11) is 0. The summed E-state index contributed by atoms with van der Waals surface area (Å²) in [6.45, 7) is 6.73. The van der Waals surface area contributed by atoms with Crippen molar-refractivity contribution in [3.63, 3.8) is 0 Å². The van der Waals surface area contributed by atoms with Crippen LogP contribution in [0.4, 0.5) is 5.82 Å². The van der Waals surface area contributed by atoms with Gasteiger partial charge in [-0.15, -0.1) is 0 Å². The molecule has 0 fully saturated rings. The molecule has 1 heterocycles. The Hall–Kier alpha value is -1.03. The van der Waals surface area contributed by atoms with E-state index in [0.717, 1.165) is 13.2 Å². The number of nitrogens with two attached hydrogens (primary N) is 1. The molecular formula is C11H21N3O. The minimum atomic E-state index is 0.564. The number of ether oxygens (including phenoxy) is 1. The van der Waals surface area contributed by atoms with Crippen molar-refractivity contribution in [1.82, 2.24) is 9.78 Å². The summed E-state index contributed by atoms with van der Waals surface area (Å²) >= 11 is 0. The van der Waals surface area contributed by atoms with Gasteiger partial charge in [0.15, 0.2) is 0 Å². The third-order valence-corrected chi connectivity index (χ3v) is 2.31. The van der Waals surface area contributed by atoms with Crippen LogP contribution in [0, 0.1) is 5.92 Å². The van der Waals surface area contributed by atoms with Crippen molar-refractivity contribution < 1.29 is 4.74 Å². The number of aromatic nitrogens is 2. The molecule has 0 aliphatic heterocycles. The van der Waals surface area contributed by atoms with E-state index in [4.69, 9.17) is 10.5 Å². The molecule has 0 bridgehead atoms. The van der Waals surface area contributed by atoms with Crippen molar-refractivity contribution in [1.29, 1.82) is 0 Å². The number of rotatable bonds is 7. The Balaban J connectivity index is 2.06. The normalized spacial score (nSPS) is 12.9. The largest absolute Gasteiger partial charge is 0.382 e. The molecule has 1 rings (SSSR count). The molecule has 0 amide bonds. The number of anilines is 1. The Morgan fingerprint density at radius 3 is 3.00 bits per heavy atom. The summed E-state index contributed by atoms with van der Waals surface area (Å²) in [5, 5.41) is 4.08. The Labute approximate surface area is 91.4 Å². The fraction of sp³-hybridized carbons (Fsp3) is 0.727. The zero-order valence-corrected chi connectivity index (χ0v) is 9.65. The Bertz CT molecular complexity index is 273. The van der Waals surface area contributed by atoms with Gasteiger partial charge in [-0.1, -0.05) is 20.3 Å². The first kappa shape index (κ1) is 12.0. The van der Waals surface area contributed by atoms with Crippen LogP contribution < -0.4 is 5.73 Å². The monoisotopic (exact) mass is 211 g/mol. The van der Waals surface area contributed by atoms with Crippen molar-refractivity contribution in [2.24, 2.45) is 5.92 Å². The molecule has 0 aliphatic rings. The minimum absolute atomic E-state index is 0.564. The van der Waals surface area contributed by atoms with Crippen LogP contribution in [0.5, 0.6) is 0 Å². The van der Waals surface area contributed by atoms with Crippen LogP contribution in [0.1, 0.15) is 26.7 Å². The smallest absolute Gasteiger partial charge is 0.145 e. The molecule has 15 heavy (non-hydrogen) atoms. The van der Waals surface area contributed by atoms with Crippen LogP contribution in [-0.4, -0.2) is 23.0 Å². The predicted octanol–water partition coefficient (Wildman–Crippen LogP) is 1.92. The molecule has 0 saturated carbocycles. The first-order chi connectivity index (χ1) is 7.22. The molecule has 0 aliphatic carbocycles. The maximum Gasteiger partial charge on any atom is 0.145 e. The summed E-state index contributed by atoms with van der Waals surface area (Å²) in [5.74, 6) is 1.21. The summed E-state index contributed by atoms with van der Waals surface area (Å²) in [6, 6.07) is 1.79. The van der Waals surface area contributed by atoms with Gasteiger partial charge in [-0.2, -0.15) is 5.10 Å². The van der Waals surface area contributed by atoms with Crippen molar-refractivity contribution in [2.75, 3.05) is 18.9 Å². The average Bonchev–Trinajstić information content (AvgIpc) is 2.60. The second kappa shape index (κ2) is 6.45. The van der Waals surface area contributed by atoms with Gasteiger partial charge in [-0.3, -0.25) is 4.68 Å². The van der Waals surface area contributed by atoms with E-state index in [1.165, 1.54) is 12.8 Å². The highest BCUT2D eigenvalue weighted by molar-refractivity contribution is 5.23. The second-order valence-corrected chi connectivity index (χ2v) is 3.97. The zero-order valence-electron chi connectivity index (χ0n) is 9.65. The van der Waals surface area contributed by atoms with E-state index in [2.05, 4.69) is 18.9 Å². The van der Waals surface area contributed by atoms with E-state index < -0.39 is 0 Å². The standard InChI is InChI=1S/C11H21N3O/c1-3-4-10(2)9-15-8-7-14-6-5-11(12)13-14/h5-6,10H,3-4,7-9H2,1-2H3,(H2,12,13). The van der Waals surface area contributed by atoms with Crippen molar-refractivity contribution in [3.8, 4) is 0 Å². The topological polar surface area (TPSA) is 53.1 Å². The van der Waals surface area contributed by atoms with Crippen LogP contribution in [0.3, 0.4) is 0 Å². The molecule has 4 heteroatoms. The van der Waals surface area contributed by atoms with Gasteiger partial charge < -0.3 is 10.5 Å². The van der Waals surface area contributed by atoms with E-state index in [1.54, 1.807) is 10.7 Å². The molecule has 1 atom stereocenters. The lowest BCUT2D eigenvalue weighted by Crippen LogP contribution is -2.11. The number of hydrogen-bond donors (Lipinski definition) is 1. The molecule has 86 valence electrons. The van der Waals surface area contributed by atoms with Gasteiger partial charge in [0.25, 0.3) is 0 Å². The van der Waals surface area contributed by atoms with Crippen LogP contribution in [0.25, 0.3) is 0 Å². The summed E-state index contributed by atoms with van der Waals surface area (Å²) in [4.78, 5) is 0. The van der Waals surface area contributed by atoms with Gasteiger partial charge in [0, 0.05) is 12.8 Å². The fourth-order valence-corrected chi connectivity index (χ4v) is 1.52. The predicted molar refractivity (Wildman–Crippen MR) is 61.5 cm³/mol. The molecule has 1 unspecified atom stereocenters. The summed E-state index contributed by atoms with van der Waals surface area (Å²) in [6.07, 6.45) is 4.32. The highest BCUT2D eigenvalue weighted by atomic mass is 16.5. The van der Waals surface area contributed by atoms with Gasteiger partial charge in [-0.05, 0) is 18.4 Å². The average molecular weight is 211 g/mol. The third-order valence-electron chi connectivity index (χ3n) is 2.31. The molecule has 4 nitrogen and oxygen atoms in total. The highest BCUT2D eigenvalue weighted by Gasteiger charge is 2.00. The van der Waals surface area contributed by atoms with E-state index >= 15 is 0 Å². The van der Waals surface area contributed by atoms with Gasteiger partial charge in [-0.25, -0.2) is 0 Å². The lowest BCUT2D eigenvalue weighted by atomic mass is 10.1.